The highest BCUT2D eigenvalue weighted by Gasteiger charge is 2.08. The first kappa shape index (κ1) is 18.8. The minimum atomic E-state index is -0.308. The third-order valence-corrected chi connectivity index (χ3v) is 3.81. The summed E-state index contributed by atoms with van der Waals surface area (Å²) in [7, 11) is 0. The van der Waals surface area contributed by atoms with Gasteiger partial charge in [0, 0.05) is 23.5 Å². The first-order valence-electron chi connectivity index (χ1n) is 8.17. The number of hydrogen-bond acceptors (Lipinski definition) is 3. The largest absolute Gasteiger partial charge is 0.485 e. The van der Waals surface area contributed by atoms with E-state index in [9.17, 15) is 4.79 Å². The minimum Gasteiger partial charge on any atom is -0.485 e. The smallest absolute Gasteiger partial charge is 0.319 e. The number of ether oxygens (including phenoxy) is 1. The molecule has 0 fully saturated rings. The first-order chi connectivity index (χ1) is 12.1. The van der Waals surface area contributed by atoms with E-state index in [1.54, 1.807) is 24.3 Å². The summed E-state index contributed by atoms with van der Waals surface area (Å²) in [6.07, 6.45) is 2.49. The van der Waals surface area contributed by atoms with Crippen molar-refractivity contribution in [2.75, 3.05) is 11.9 Å². The fourth-order valence-electron chi connectivity index (χ4n) is 2.26. The van der Waals surface area contributed by atoms with Crippen LogP contribution in [0.3, 0.4) is 0 Å². The summed E-state index contributed by atoms with van der Waals surface area (Å²) in [5, 5.41) is 13.7. The molecule has 0 bridgehead atoms. The maximum atomic E-state index is 11.5. The van der Waals surface area contributed by atoms with Gasteiger partial charge in [-0.15, -0.1) is 0 Å². The van der Waals surface area contributed by atoms with E-state index < -0.39 is 0 Å². The number of rotatable bonds is 8. The summed E-state index contributed by atoms with van der Waals surface area (Å²) < 4.78 is 5.82. The van der Waals surface area contributed by atoms with Gasteiger partial charge in [0.1, 0.15) is 11.9 Å². The van der Waals surface area contributed by atoms with Crippen LogP contribution in [0, 0.1) is 5.41 Å². The molecule has 3 N–H and O–H groups in total. The van der Waals surface area contributed by atoms with Crippen molar-refractivity contribution < 1.29 is 9.53 Å². The minimum absolute atomic E-state index is 0.239. The summed E-state index contributed by atoms with van der Waals surface area (Å²) in [5.41, 5.74) is 1.84. The van der Waals surface area contributed by atoms with Crippen LogP contribution in [0.5, 0.6) is 5.75 Å². The van der Waals surface area contributed by atoms with Crippen LogP contribution >= 0.6 is 11.6 Å². The van der Waals surface area contributed by atoms with Gasteiger partial charge in [-0.2, -0.15) is 0 Å². The summed E-state index contributed by atoms with van der Waals surface area (Å²) in [4.78, 5) is 11.5. The van der Waals surface area contributed by atoms with Gasteiger partial charge in [-0.05, 0) is 61.7 Å². The second kappa shape index (κ2) is 9.69. The third-order valence-electron chi connectivity index (χ3n) is 3.55. The van der Waals surface area contributed by atoms with Crippen LogP contribution in [0.1, 0.15) is 18.9 Å². The van der Waals surface area contributed by atoms with E-state index in [1.165, 1.54) is 6.21 Å². The lowest BCUT2D eigenvalue weighted by Gasteiger charge is -2.15. The number of nitrogens with one attached hydrogen (secondary N) is 3. The Morgan fingerprint density at radius 1 is 1.20 bits per heavy atom. The van der Waals surface area contributed by atoms with E-state index in [-0.39, 0.29) is 12.1 Å². The maximum absolute atomic E-state index is 11.5. The van der Waals surface area contributed by atoms with E-state index >= 15 is 0 Å². The molecule has 0 heterocycles. The molecule has 0 aliphatic heterocycles. The molecule has 2 aromatic carbocycles. The van der Waals surface area contributed by atoms with Crippen LogP contribution in [0.25, 0.3) is 0 Å². The maximum Gasteiger partial charge on any atom is 0.319 e. The number of urea groups is 1. The molecular weight excluding hydrogens is 338 g/mol. The molecule has 5 nitrogen and oxygen atoms in total. The standard InChI is InChI=1S/C19H22ClN3O2/c1-2-22-19(24)23-16-8-11-17(12-9-16)25-18(13-21)10-5-14-3-6-15(20)7-4-14/h3-4,6-9,11-13,18,21H,2,5,10H2,1H3,(H2,22,23,24). The molecule has 0 saturated heterocycles. The van der Waals surface area contributed by atoms with Gasteiger partial charge in [-0.3, -0.25) is 0 Å². The van der Waals surface area contributed by atoms with Crippen LogP contribution in [-0.4, -0.2) is 24.9 Å². The van der Waals surface area contributed by atoms with Gasteiger partial charge in [-0.25, -0.2) is 4.79 Å². The van der Waals surface area contributed by atoms with Gasteiger partial charge < -0.3 is 20.8 Å². The zero-order valence-electron chi connectivity index (χ0n) is 14.1. The highest BCUT2D eigenvalue weighted by atomic mass is 35.5. The third kappa shape index (κ3) is 6.47. The molecule has 0 saturated carbocycles. The second-order valence-corrected chi connectivity index (χ2v) is 5.93. The van der Waals surface area contributed by atoms with Crippen LogP contribution in [0.4, 0.5) is 10.5 Å². The molecule has 2 amide bonds. The Hall–Kier alpha value is -2.53. The van der Waals surface area contributed by atoms with Crippen LogP contribution in [0.15, 0.2) is 48.5 Å². The lowest BCUT2D eigenvalue weighted by Crippen LogP contribution is -2.28. The number of aryl methyl sites for hydroxylation is 1. The van der Waals surface area contributed by atoms with Crippen molar-refractivity contribution in [3.63, 3.8) is 0 Å². The predicted molar refractivity (Wildman–Crippen MR) is 102 cm³/mol. The number of amides is 2. The summed E-state index contributed by atoms with van der Waals surface area (Å²) in [5.74, 6) is 0.658. The van der Waals surface area contributed by atoms with Gasteiger partial charge in [0.15, 0.2) is 0 Å². The van der Waals surface area contributed by atoms with E-state index in [1.807, 2.05) is 31.2 Å². The SMILES string of the molecule is CCNC(=O)Nc1ccc(OC(C=N)CCc2ccc(Cl)cc2)cc1. The van der Waals surface area contributed by atoms with Gasteiger partial charge >= 0.3 is 6.03 Å². The molecule has 1 atom stereocenters. The van der Waals surface area contributed by atoms with E-state index in [2.05, 4.69) is 10.6 Å². The molecule has 132 valence electrons. The summed E-state index contributed by atoms with van der Waals surface area (Å²) >= 11 is 5.88. The molecule has 0 radical (unpaired) electrons. The average Bonchev–Trinajstić information content (AvgIpc) is 2.61. The number of benzene rings is 2. The second-order valence-electron chi connectivity index (χ2n) is 5.50. The van der Waals surface area contributed by atoms with E-state index in [0.717, 1.165) is 12.0 Å². The Morgan fingerprint density at radius 3 is 2.48 bits per heavy atom. The monoisotopic (exact) mass is 359 g/mol. The van der Waals surface area contributed by atoms with Crippen molar-refractivity contribution in [2.24, 2.45) is 0 Å². The van der Waals surface area contributed by atoms with Gasteiger partial charge in [-0.1, -0.05) is 23.7 Å². The molecule has 0 aliphatic rings. The molecule has 0 aromatic heterocycles. The Kier molecular flexibility index (Phi) is 7.29. The molecule has 6 heteroatoms. The van der Waals surface area contributed by atoms with Crippen LogP contribution in [-0.2, 0) is 6.42 Å². The highest BCUT2D eigenvalue weighted by Crippen LogP contribution is 2.18. The quantitative estimate of drug-likeness (QED) is 0.606. The van der Waals surface area contributed by atoms with Crippen molar-refractivity contribution in [1.29, 1.82) is 5.41 Å². The number of carbonyl (C=O) groups excluding carboxylic acids is 1. The fraction of sp³-hybridized carbons (Fsp3) is 0.263. The Morgan fingerprint density at radius 2 is 1.88 bits per heavy atom. The molecule has 25 heavy (non-hydrogen) atoms. The molecule has 1 unspecified atom stereocenters. The van der Waals surface area contributed by atoms with Crippen molar-refractivity contribution in [2.45, 2.75) is 25.9 Å². The average molecular weight is 360 g/mol. The normalized spacial score (nSPS) is 11.4. The van der Waals surface area contributed by atoms with Gasteiger partial charge in [0.25, 0.3) is 0 Å². The van der Waals surface area contributed by atoms with Crippen LogP contribution in [0.2, 0.25) is 5.02 Å². The molecule has 2 aromatic rings. The molecule has 0 spiro atoms. The fourth-order valence-corrected chi connectivity index (χ4v) is 2.39. The van der Waals surface area contributed by atoms with Crippen molar-refractivity contribution in [1.82, 2.24) is 5.32 Å². The molecule has 0 aliphatic carbocycles. The van der Waals surface area contributed by atoms with E-state index in [4.69, 9.17) is 21.7 Å². The Labute approximate surface area is 152 Å². The first-order valence-corrected chi connectivity index (χ1v) is 8.55. The Balaban J connectivity index is 1.86. The number of halogens is 1. The lowest BCUT2D eigenvalue weighted by molar-refractivity contribution is 0.252. The number of anilines is 1. The van der Waals surface area contributed by atoms with Crippen molar-refractivity contribution in [3.05, 3.63) is 59.1 Å². The topological polar surface area (TPSA) is 74.2 Å². The highest BCUT2D eigenvalue weighted by molar-refractivity contribution is 6.30. The number of carbonyl (C=O) groups is 1. The van der Waals surface area contributed by atoms with Crippen LogP contribution < -0.4 is 15.4 Å². The summed E-state index contributed by atoms with van der Waals surface area (Å²) in [6, 6.07) is 14.5. The van der Waals surface area contributed by atoms with E-state index in [0.29, 0.717) is 29.4 Å². The molecule has 2 rings (SSSR count). The summed E-state index contributed by atoms with van der Waals surface area (Å²) in [6.45, 7) is 2.43. The van der Waals surface area contributed by atoms with Crippen molar-refractivity contribution in [3.8, 4) is 5.75 Å². The lowest BCUT2D eigenvalue weighted by atomic mass is 10.1. The zero-order valence-corrected chi connectivity index (χ0v) is 14.8. The van der Waals surface area contributed by atoms with Crippen molar-refractivity contribution >= 4 is 29.5 Å². The molecular formula is C19H22ClN3O2. The Bertz CT molecular complexity index is 687. The zero-order chi connectivity index (χ0) is 18.1. The van der Waals surface area contributed by atoms with Gasteiger partial charge in [0.05, 0.1) is 0 Å². The van der Waals surface area contributed by atoms with Gasteiger partial charge in [0.2, 0.25) is 0 Å². The predicted octanol–water partition coefficient (Wildman–Crippen LogP) is 4.51. The number of hydrogen-bond donors (Lipinski definition) is 3.